The van der Waals surface area contributed by atoms with E-state index in [0.29, 0.717) is 11.8 Å². The molecule has 23 heavy (non-hydrogen) atoms. The Balaban J connectivity index is 1.50. The number of rotatable bonds is 4. The molecule has 0 amide bonds. The molecule has 2 fully saturated rings. The van der Waals surface area contributed by atoms with Crippen LogP contribution in [0.1, 0.15) is 76.2 Å². The highest BCUT2D eigenvalue weighted by atomic mass is 35.5. The molecule has 1 aromatic rings. The number of benzene rings is 1. The summed E-state index contributed by atoms with van der Waals surface area (Å²) < 4.78 is 13.5. The molecule has 2 N–H and O–H groups in total. The average molecular weight is 338 g/mol. The van der Waals surface area contributed by atoms with Gasteiger partial charge >= 0.3 is 0 Å². The van der Waals surface area contributed by atoms with Crippen LogP contribution in [0.25, 0.3) is 0 Å². The highest BCUT2D eigenvalue weighted by molar-refractivity contribution is 6.31. The lowest BCUT2D eigenvalue weighted by Crippen LogP contribution is -2.39. The van der Waals surface area contributed by atoms with Crippen molar-refractivity contribution in [1.82, 2.24) is 0 Å². The Labute approximate surface area is 144 Å². The highest BCUT2D eigenvalue weighted by Gasteiger charge is 2.35. The molecule has 0 aromatic heterocycles. The summed E-state index contributed by atoms with van der Waals surface area (Å²) in [6.45, 7) is 2.23. The van der Waals surface area contributed by atoms with Gasteiger partial charge in [-0.1, -0.05) is 24.4 Å². The van der Waals surface area contributed by atoms with Crippen LogP contribution in [0.15, 0.2) is 18.2 Å². The van der Waals surface area contributed by atoms with Crippen molar-refractivity contribution >= 4 is 11.6 Å². The van der Waals surface area contributed by atoms with Crippen LogP contribution in [0.2, 0.25) is 5.02 Å². The van der Waals surface area contributed by atoms with Crippen molar-refractivity contribution in [1.29, 1.82) is 0 Å². The third-order valence-electron chi connectivity index (χ3n) is 6.37. The standard InChI is InChI=1S/C20H29ClFN/c1-20(23)12-2-3-16(20)9-6-14-4-7-15(8-5-14)18-13-17(22)10-11-19(18)21/h10-11,13-16H,2-9,12,23H2,1H3. The first kappa shape index (κ1) is 17.2. The maximum Gasteiger partial charge on any atom is 0.123 e. The monoisotopic (exact) mass is 337 g/mol. The summed E-state index contributed by atoms with van der Waals surface area (Å²) in [7, 11) is 0. The molecule has 2 unspecified atom stereocenters. The van der Waals surface area contributed by atoms with E-state index < -0.39 is 0 Å². The van der Waals surface area contributed by atoms with Crippen molar-refractivity contribution in [2.45, 2.75) is 76.2 Å². The van der Waals surface area contributed by atoms with Crippen LogP contribution in [0.4, 0.5) is 4.39 Å². The van der Waals surface area contributed by atoms with Crippen LogP contribution >= 0.6 is 11.6 Å². The molecule has 0 aliphatic heterocycles. The van der Waals surface area contributed by atoms with E-state index in [9.17, 15) is 4.39 Å². The van der Waals surface area contributed by atoms with E-state index in [1.807, 2.05) is 0 Å². The van der Waals surface area contributed by atoms with Gasteiger partial charge in [0.1, 0.15) is 5.82 Å². The van der Waals surface area contributed by atoms with E-state index in [4.69, 9.17) is 17.3 Å². The van der Waals surface area contributed by atoms with E-state index in [2.05, 4.69) is 6.92 Å². The number of hydrogen-bond donors (Lipinski definition) is 1. The molecule has 2 aliphatic rings. The van der Waals surface area contributed by atoms with E-state index in [1.54, 1.807) is 12.1 Å². The van der Waals surface area contributed by atoms with Gasteiger partial charge in [0, 0.05) is 10.6 Å². The highest BCUT2D eigenvalue weighted by Crippen LogP contribution is 2.42. The van der Waals surface area contributed by atoms with Crippen molar-refractivity contribution in [3.05, 3.63) is 34.6 Å². The molecule has 1 nitrogen and oxygen atoms in total. The predicted molar refractivity (Wildman–Crippen MR) is 95.3 cm³/mol. The molecule has 0 radical (unpaired) electrons. The van der Waals surface area contributed by atoms with Crippen molar-refractivity contribution in [3.8, 4) is 0 Å². The summed E-state index contributed by atoms with van der Waals surface area (Å²) in [6.07, 6.45) is 11.1. The average Bonchev–Trinajstić information content (AvgIpc) is 2.87. The third-order valence-corrected chi connectivity index (χ3v) is 6.71. The molecule has 0 heterocycles. The van der Waals surface area contributed by atoms with Crippen molar-refractivity contribution in [2.24, 2.45) is 17.6 Å². The fourth-order valence-corrected chi connectivity index (χ4v) is 5.04. The lowest BCUT2D eigenvalue weighted by atomic mass is 9.75. The molecule has 2 saturated carbocycles. The van der Waals surface area contributed by atoms with Gasteiger partial charge in [0.05, 0.1) is 0 Å². The molecule has 0 bridgehead atoms. The topological polar surface area (TPSA) is 26.0 Å². The van der Waals surface area contributed by atoms with Gasteiger partial charge in [-0.05, 0) is 93.4 Å². The molecule has 128 valence electrons. The van der Waals surface area contributed by atoms with Gasteiger partial charge in [-0.25, -0.2) is 4.39 Å². The van der Waals surface area contributed by atoms with Crippen molar-refractivity contribution in [3.63, 3.8) is 0 Å². The summed E-state index contributed by atoms with van der Waals surface area (Å²) in [5.74, 6) is 1.78. The van der Waals surface area contributed by atoms with Crippen LogP contribution in [0.5, 0.6) is 0 Å². The van der Waals surface area contributed by atoms with E-state index in [1.165, 1.54) is 51.0 Å². The van der Waals surface area contributed by atoms with Crippen molar-refractivity contribution in [2.75, 3.05) is 0 Å². The zero-order valence-electron chi connectivity index (χ0n) is 14.2. The largest absolute Gasteiger partial charge is 0.325 e. The van der Waals surface area contributed by atoms with Gasteiger partial charge in [0.25, 0.3) is 0 Å². The minimum Gasteiger partial charge on any atom is -0.325 e. The zero-order chi connectivity index (χ0) is 16.4. The maximum atomic E-state index is 13.5. The summed E-state index contributed by atoms with van der Waals surface area (Å²) in [4.78, 5) is 0. The smallest absolute Gasteiger partial charge is 0.123 e. The molecule has 0 spiro atoms. The van der Waals surface area contributed by atoms with Gasteiger partial charge in [-0.2, -0.15) is 0 Å². The second-order valence-electron chi connectivity index (χ2n) is 8.06. The Hall–Kier alpha value is -0.600. The zero-order valence-corrected chi connectivity index (χ0v) is 14.9. The molecule has 0 saturated heterocycles. The molecule has 1 aromatic carbocycles. The molecule has 3 rings (SSSR count). The summed E-state index contributed by atoms with van der Waals surface area (Å²) >= 11 is 6.26. The summed E-state index contributed by atoms with van der Waals surface area (Å²) in [6, 6.07) is 4.77. The van der Waals surface area contributed by atoms with Crippen molar-refractivity contribution < 1.29 is 4.39 Å². The quantitative estimate of drug-likeness (QED) is 0.711. The van der Waals surface area contributed by atoms with E-state index in [-0.39, 0.29) is 11.4 Å². The lowest BCUT2D eigenvalue weighted by Gasteiger charge is -2.32. The van der Waals surface area contributed by atoms with E-state index in [0.717, 1.165) is 29.3 Å². The van der Waals surface area contributed by atoms with Crippen LogP contribution < -0.4 is 5.73 Å². The fourth-order valence-electron chi connectivity index (χ4n) is 4.76. The summed E-state index contributed by atoms with van der Waals surface area (Å²) in [5.41, 5.74) is 7.49. The molecule has 3 heteroatoms. The Bertz CT molecular complexity index is 534. The molecular weight excluding hydrogens is 309 g/mol. The first-order valence-electron chi connectivity index (χ1n) is 9.19. The minimum atomic E-state index is -0.171. The Morgan fingerprint density at radius 2 is 1.91 bits per heavy atom. The number of halogens is 2. The van der Waals surface area contributed by atoms with Gasteiger partial charge < -0.3 is 5.73 Å². The molecular formula is C20H29ClFN. The van der Waals surface area contributed by atoms with Crippen LogP contribution in [-0.2, 0) is 0 Å². The second kappa shape index (κ2) is 7.11. The van der Waals surface area contributed by atoms with Crippen LogP contribution in [0.3, 0.4) is 0 Å². The third kappa shape index (κ3) is 4.09. The fraction of sp³-hybridized carbons (Fsp3) is 0.700. The molecule has 2 atom stereocenters. The molecule has 2 aliphatic carbocycles. The summed E-state index contributed by atoms with van der Waals surface area (Å²) in [5, 5.41) is 0.722. The first-order valence-corrected chi connectivity index (χ1v) is 9.57. The number of nitrogens with two attached hydrogens (primary N) is 1. The minimum absolute atomic E-state index is 0.0618. The lowest BCUT2D eigenvalue weighted by molar-refractivity contribution is 0.255. The maximum absolute atomic E-state index is 13.5. The number of hydrogen-bond acceptors (Lipinski definition) is 1. The van der Waals surface area contributed by atoms with E-state index >= 15 is 0 Å². The Morgan fingerprint density at radius 3 is 2.57 bits per heavy atom. The Morgan fingerprint density at radius 1 is 1.17 bits per heavy atom. The second-order valence-corrected chi connectivity index (χ2v) is 8.46. The Kier molecular flexibility index (Phi) is 5.32. The van der Waals surface area contributed by atoms with Gasteiger partial charge in [0.15, 0.2) is 0 Å². The normalized spacial score (nSPS) is 34.7. The van der Waals surface area contributed by atoms with Crippen LogP contribution in [0, 0.1) is 17.7 Å². The van der Waals surface area contributed by atoms with Gasteiger partial charge in [-0.3, -0.25) is 0 Å². The van der Waals surface area contributed by atoms with Crippen LogP contribution in [-0.4, -0.2) is 5.54 Å². The predicted octanol–water partition coefficient (Wildman–Crippen LogP) is 6.05. The van der Waals surface area contributed by atoms with Gasteiger partial charge in [0.2, 0.25) is 0 Å². The first-order chi connectivity index (χ1) is 11.0. The van der Waals surface area contributed by atoms with Gasteiger partial charge in [-0.15, -0.1) is 0 Å². The SMILES string of the molecule is CC1(N)CCCC1CCC1CCC(c2cc(F)ccc2Cl)CC1.